The van der Waals surface area contributed by atoms with Crippen LogP contribution < -0.4 is 5.32 Å². The average molecular weight is 286 g/mol. The molecule has 1 rings (SSSR count). The van der Waals surface area contributed by atoms with Gasteiger partial charge in [-0.15, -0.1) is 0 Å². The lowest BCUT2D eigenvalue weighted by molar-refractivity contribution is 0.0518. The summed E-state index contributed by atoms with van der Waals surface area (Å²) in [7, 11) is 0. The Balaban J connectivity index is 2.38. The highest BCUT2D eigenvalue weighted by Gasteiger charge is 2.16. The molecule has 1 atom stereocenters. The summed E-state index contributed by atoms with van der Waals surface area (Å²) in [5, 5.41) is 13.1. The molecule has 0 aliphatic carbocycles. The molecule has 0 radical (unpaired) electrons. The van der Waals surface area contributed by atoms with Crippen molar-refractivity contribution in [3.8, 4) is 0 Å². The van der Waals surface area contributed by atoms with Gasteiger partial charge in [-0.05, 0) is 38.8 Å². The monoisotopic (exact) mass is 285 g/mol. The van der Waals surface area contributed by atoms with E-state index in [0.29, 0.717) is 23.6 Å². The zero-order valence-electron chi connectivity index (χ0n) is 11.4. The highest BCUT2D eigenvalue weighted by atomic mass is 35.5. The Bertz CT molecular complexity index is 429. The molecule has 4 nitrogen and oxygen atoms in total. The van der Waals surface area contributed by atoms with Gasteiger partial charge in [-0.1, -0.05) is 29.8 Å². The van der Waals surface area contributed by atoms with E-state index in [-0.39, 0.29) is 0 Å². The fourth-order valence-corrected chi connectivity index (χ4v) is 1.79. The Hall–Kier alpha value is -1.26. The summed E-state index contributed by atoms with van der Waals surface area (Å²) in [4.78, 5) is 11.4. The molecule has 0 heterocycles. The molecule has 106 valence electrons. The number of ether oxygens (including phenoxy) is 1. The Morgan fingerprint density at radius 2 is 2.05 bits per heavy atom. The number of carbonyl (C=O) groups excluding carboxylic acids is 1. The molecule has 1 aromatic rings. The molecular formula is C14H20ClNO3. The first-order valence-corrected chi connectivity index (χ1v) is 6.57. The van der Waals surface area contributed by atoms with Gasteiger partial charge >= 0.3 is 6.09 Å². The maximum Gasteiger partial charge on any atom is 0.407 e. The van der Waals surface area contributed by atoms with Crippen LogP contribution in [0.5, 0.6) is 0 Å². The second-order valence-corrected chi connectivity index (χ2v) is 5.66. The number of hydrogen-bond acceptors (Lipinski definition) is 3. The third-order valence-corrected chi connectivity index (χ3v) is 2.69. The maximum atomic E-state index is 11.4. The summed E-state index contributed by atoms with van der Waals surface area (Å²) in [6.45, 7) is 5.71. The minimum atomic E-state index is -0.705. The van der Waals surface area contributed by atoms with Crippen molar-refractivity contribution in [2.75, 3.05) is 6.54 Å². The molecule has 0 aliphatic heterocycles. The lowest BCUT2D eigenvalue weighted by Gasteiger charge is -2.20. The quantitative estimate of drug-likeness (QED) is 0.892. The maximum absolute atomic E-state index is 11.4. The standard InChI is InChI=1S/C14H20ClNO3/c1-14(2,3)19-13(18)16-9-8-12(17)10-6-4-5-7-11(10)15/h4-7,12,17H,8-9H2,1-3H3,(H,16,18)/t12-/m1/s1. The molecule has 0 spiro atoms. The number of nitrogens with one attached hydrogen (secondary N) is 1. The van der Waals surface area contributed by atoms with E-state index < -0.39 is 17.8 Å². The molecule has 0 fully saturated rings. The van der Waals surface area contributed by atoms with Crippen molar-refractivity contribution in [1.82, 2.24) is 5.32 Å². The molecule has 2 N–H and O–H groups in total. The summed E-state index contributed by atoms with van der Waals surface area (Å²) in [6.07, 6.45) is -0.814. The molecule has 0 aliphatic rings. The summed E-state index contributed by atoms with van der Waals surface area (Å²) >= 11 is 5.98. The van der Waals surface area contributed by atoms with Crippen LogP contribution in [-0.4, -0.2) is 23.3 Å². The molecule has 1 amide bonds. The minimum absolute atomic E-state index is 0.321. The van der Waals surface area contributed by atoms with Gasteiger partial charge < -0.3 is 15.2 Å². The Kier molecular flexibility index (Phi) is 5.63. The van der Waals surface area contributed by atoms with Crippen LogP contribution in [0.25, 0.3) is 0 Å². The summed E-state index contributed by atoms with van der Waals surface area (Å²) in [5.41, 5.74) is 0.140. The largest absolute Gasteiger partial charge is 0.444 e. The average Bonchev–Trinajstić information content (AvgIpc) is 2.26. The van der Waals surface area contributed by atoms with Gasteiger partial charge in [0.25, 0.3) is 0 Å². The van der Waals surface area contributed by atoms with Gasteiger partial charge in [0.05, 0.1) is 6.10 Å². The number of alkyl carbamates (subject to hydrolysis) is 1. The molecule has 0 bridgehead atoms. The first kappa shape index (κ1) is 15.8. The Morgan fingerprint density at radius 1 is 1.42 bits per heavy atom. The van der Waals surface area contributed by atoms with Crippen molar-refractivity contribution in [2.24, 2.45) is 0 Å². The lowest BCUT2D eigenvalue weighted by Crippen LogP contribution is -2.33. The smallest absolute Gasteiger partial charge is 0.407 e. The predicted octanol–water partition coefficient (Wildman–Crippen LogP) is 3.29. The van der Waals surface area contributed by atoms with E-state index in [1.165, 1.54) is 0 Å². The van der Waals surface area contributed by atoms with Crippen LogP contribution in [0.15, 0.2) is 24.3 Å². The molecule has 1 aromatic carbocycles. The molecular weight excluding hydrogens is 266 g/mol. The van der Waals surface area contributed by atoms with E-state index >= 15 is 0 Å². The van der Waals surface area contributed by atoms with Crippen LogP contribution in [0.3, 0.4) is 0 Å². The zero-order valence-corrected chi connectivity index (χ0v) is 12.2. The second kappa shape index (κ2) is 6.78. The molecule has 19 heavy (non-hydrogen) atoms. The van der Waals surface area contributed by atoms with E-state index in [1.807, 2.05) is 6.07 Å². The highest BCUT2D eigenvalue weighted by Crippen LogP contribution is 2.24. The van der Waals surface area contributed by atoms with Crippen molar-refractivity contribution in [1.29, 1.82) is 0 Å². The van der Waals surface area contributed by atoms with Gasteiger partial charge in [0, 0.05) is 11.6 Å². The highest BCUT2D eigenvalue weighted by molar-refractivity contribution is 6.31. The van der Waals surface area contributed by atoms with E-state index in [4.69, 9.17) is 16.3 Å². The van der Waals surface area contributed by atoms with Gasteiger partial charge in [-0.3, -0.25) is 0 Å². The lowest BCUT2D eigenvalue weighted by atomic mass is 10.1. The number of amides is 1. The van der Waals surface area contributed by atoms with Crippen molar-refractivity contribution >= 4 is 17.7 Å². The number of carbonyl (C=O) groups is 1. The topological polar surface area (TPSA) is 58.6 Å². The summed E-state index contributed by atoms with van der Waals surface area (Å²) < 4.78 is 5.09. The van der Waals surface area contributed by atoms with Crippen molar-refractivity contribution in [3.63, 3.8) is 0 Å². The van der Waals surface area contributed by atoms with E-state index in [2.05, 4.69) is 5.32 Å². The Labute approximate surface area is 118 Å². The molecule has 0 saturated carbocycles. The van der Waals surface area contributed by atoms with Crippen LogP contribution >= 0.6 is 11.6 Å². The fourth-order valence-electron chi connectivity index (χ4n) is 1.53. The van der Waals surface area contributed by atoms with Crippen molar-refractivity contribution < 1.29 is 14.6 Å². The number of halogens is 1. The van der Waals surface area contributed by atoms with E-state index in [0.717, 1.165) is 0 Å². The molecule has 5 heteroatoms. The zero-order chi connectivity index (χ0) is 14.5. The van der Waals surface area contributed by atoms with Crippen LogP contribution in [0, 0.1) is 0 Å². The third kappa shape index (κ3) is 5.94. The first-order valence-electron chi connectivity index (χ1n) is 6.19. The first-order chi connectivity index (χ1) is 8.79. The summed E-state index contributed by atoms with van der Waals surface area (Å²) in [6, 6.07) is 7.10. The van der Waals surface area contributed by atoms with Gasteiger partial charge in [0.1, 0.15) is 5.60 Å². The van der Waals surface area contributed by atoms with Gasteiger partial charge in [-0.25, -0.2) is 4.79 Å². The van der Waals surface area contributed by atoms with Crippen molar-refractivity contribution in [3.05, 3.63) is 34.9 Å². The van der Waals surface area contributed by atoms with Crippen molar-refractivity contribution in [2.45, 2.75) is 38.9 Å². The number of rotatable bonds is 4. The number of hydrogen-bond donors (Lipinski definition) is 2. The SMILES string of the molecule is CC(C)(C)OC(=O)NCC[C@@H](O)c1ccccc1Cl. The number of benzene rings is 1. The second-order valence-electron chi connectivity index (χ2n) is 5.25. The molecule has 0 unspecified atom stereocenters. The molecule has 0 saturated heterocycles. The fraction of sp³-hybridized carbons (Fsp3) is 0.500. The molecule has 0 aromatic heterocycles. The Morgan fingerprint density at radius 3 is 2.63 bits per heavy atom. The van der Waals surface area contributed by atoms with Crippen LogP contribution in [0.2, 0.25) is 5.02 Å². The van der Waals surface area contributed by atoms with E-state index in [9.17, 15) is 9.90 Å². The van der Waals surface area contributed by atoms with Gasteiger partial charge in [0.15, 0.2) is 0 Å². The van der Waals surface area contributed by atoms with Crippen LogP contribution in [-0.2, 0) is 4.74 Å². The number of aliphatic hydroxyl groups excluding tert-OH is 1. The normalized spacial score (nSPS) is 12.9. The minimum Gasteiger partial charge on any atom is -0.444 e. The van der Waals surface area contributed by atoms with Gasteiger partial charge in [0.2, 0.25) is 0 Å². The van der Waals surface area contributed by atoms with Gasteiger partial charge in [-0.2, -0.15) is 0 Å². The predicted molar refractivity (Wildman–Crippen MR) is 75.3 cm³/mol. The third-order valence-electron chi connectivity index (χ3n) is 2.35. The summed E-state index contributed by atoms with van der Waals surface area (Å²) in [5.74, 6) is 0. The number of aliphatic hydroxyl groups is 1. The van der Waals surface area contributed by atoms with Crippen LogP contribution in [0.1, 0.15) is 38.9 Å². The van der Waals surface area contributed by atoms with E-state index in [1.54, 1.807) is 39.0 Å². The van der Waals surface area contributed by atoms with Crippen LogP contribution in [0.4, 0.5) is 4.79 Å².